The number of nitrogens with zero attached hydrogens (tertiary/aromatic N) is 1. The van der Waals surface area contributed by atoms with Crippen molar-refractivity contribution >= 4 is 10.9 Å². The SMILES string of the molecule is O=c1cc(C(F)F)n(C[C@H]2CO2)c2ccccc12. The van der Waals surface area contributed by atoms with Crippen LogP contribution >= 0.6 is 0 Å². The van der Waals surface area contributed by atoms with Crippen molar-refractivity contribution in [1.82, 2.24) is 4.57 Å². The van der Waals surface area contributed by atoms with E-state index in [4.69, 9.17) is 4.74 Å². The van der Waals surface area contributed by atoms with E-state index >= 15 is 0 Å². The number of hydrogen-bond donors (Lipinski definition) is 0. The molecule has 1 aliphatic heterocycles. The molecule has 0 saturated carbocycles. The minimum atomic E-state index is -2.67. The Morgan fingerprint density at radius 3 is 2.78 bits per heavy atom. The monoisotopic (exact) mass is 251 g/mol. The highest BCUT2D eigenvalue weighted by Gasteiger charge is 2.26. The van der Waals surface area contributed by atoms with Gasteiger partial charge in [0, 0.05) is 11.5 Å². The lowest BCUT2D eigenvalue weighted by Crippen LogP contribution is -2.17. The number of benzene rings is 1. The van der Waals surface area contributed by atoms with Crippen molar-refractivity contribution in [3.63, 3.8) is 0 Å². The zero-order chi connectivity index (χ0) is 12.7. The Balaban J connectivity index is 2.28. The average Bonchev–Trinajstić information content (AvgIpc) is 3.16. The van der Waals surface area contributed by atoms with Crippen molar-refractivity contribution in [2.45, 2.75) is 19.1 Å². The van der Waals surface area contributed by atoms with Gasteiger partial charge in [-0.05, 0) is 12.1 Å². The number of aromatic nitrogens is 1. The molecule has 1 atom stereocenters. The van der Waals surface area contributed by atoms with Crippen LogP contribution in [0.2, 0.25) is 0 Å². The van der Waals surface area contributed by atoms with E-state index in [1.54, 1.807) is 24.3 Å². The van der Waals surface area contributed by atoms with Gasteiger partial charge < -0.3 is 9.30 Å². The molecule has 3 rings (SSSR count). The number of halogens is 2. The van der Waals surface area contributed by atoms with E-state index in [9.17, 15) is 13.6 Å². The molecule has 0 bridgehead atoms. The normalized spacial score (nSPS) is 18.5. The first-order valence-electron chi connectivity index (χ1n) is 5.69. The molecule has 0 radical (unpaired) electrons. The van der Waals surface area contributed by atoms with Crippen molar-refractivity contribution in [2.75, 3.05) is 6.61 Å². The zero-order valence-electron chi connectivity index (χ0n) is 9.48. The number of epoxide rings is 1. The maximum atomic E-state index is 13.0. The second-order valence-electron chi connectivity index (χ2n) is 4.32. The molecule has 94 valence electrons. The maximum absolute atomic E-state index is 13.0. The summed E-state index contributed by atoms with van der Waals surface area (Å²) in [7, 11) is 0. The molecule has 2 heterocycles. The van der Waals surface area contributed by atoms with Crippen molar-refractivity contribution in [2.24, 2.45) is 0 Å². The number of rotatable bonds is 3. The van der Waals surface area contributed by atoms with Crippen LogP contribution in [-0.4, -0.2) is 17.3 Å². The van der Waals surface area contributed by atoms with Gasteiger partial charge in [0.1, 0.15) is 0 Å². The van der Waals surface area contributed by atoms with E-state index in [0.29, 0.717) is 24.1 Å². The second kappa shape index (κ2) is 4.17. The minimum Gasteiger partial charge on any atom is -0.371 e. The van der Waals surface area contributed by atoms with Crippen LogP contribution in [0.1, 0.15) is 12.1 Å². The number of para-hydroxylation sites is 1. The largest absolute Gasteiger partial charge is 0.371 e. The summed E-state index contributed by atoms with van der Waals surface area (Å²) in [6.45, 7) is 0.948. The molecule has 0 unspecified atom stereocenters. The third kappa shape index (κ3) is 1.90. The van der Waals surface area contributed by atoms with Crippen LogP contribution in [0.5, 0.6) is 0 Å². The maximum Gasteiger partial charge on any atom is 0.278 e. The van der Waals surface area contributed by atoms with Gasteiger partial charge in [0.05, 0.1) is 30.5 Å². The fraction of sp³-hybridized carbons (Fsp3) is 0.308. The van der Waals surface area contributed by atoms with Crippen LogP contribution < -0.4 is 5.43 Å². The topological polar surface area (TPSA) is 34.5 Å². The van der Waals surface area contributed by atoms with Gasteiger partial charge in [0.2, 0.25) is 0 Å². The van der Waals surface area contributed by atoms with E-state index in [-0.39, 0.29) is 17.2 Å². The number of hydrogen-bond acceptors (Lipinski definition) is 2. The summed E-state index contributed by atoms with van der Waals surface area (Å²) >= 11 is 0. The predicted octanol–water partition coefficient (Wildman–Crippen LogP) is 2.34. The molecule has 0 amide bonds. The molecule has 1 aromatic heterocycles. The molecule has 5 heteroatoms. The summed E-state index contributed by atoms with van der Waals surface area (Å²) in [4.78, 5) is 11.8. The van der Waals surface area contributed by atoms with Crippen LogP contribution in [0.3, 0.4) is 0 Å². The highest BCUT2D eigenvalue weighted by atomic mass is 19.3. The van der Waals surface area contributed by atoms with Gasteiger partial charge in [-0.1, -0.05) is 12.1 Å². The first-order chi connectivity index (χ1) is 8.66. The standard InChI is InChI=1S/C13H11F2NO2/c14-13(15)11-5-12(17)9-3-1-2-4-10(9)16(11)6-8-7-18-8/h1-5,8,13H,6-7H2/t8-/m0/s1. The number of fused-ring (bicyclic) bond motifs is 1. The van der Waals surface area contributed by atoms with Crippen LogP contribution in [-0.2, 0) is 11.3 Å². The molecule has 0 spiro atoms. The molecule has 1 aliphatic rings. The summed E-state index contributed by atoms with van der Waals surface area (Å²) in [5.74, 6) is 0. The van der Waals surface area contributed by atoms with Gasteiger partial charge >= 0.3 is 0 Å². The Morgan fingerprint density at radius 1 is 1.39 bits per heavy atom. The smallest absolute Gasteiger partial charge is 0.278 e. The van der Waals surface area contributed by atoms with E-state index < -0.39 is 6.43 Å². The van der Waals surface area contributed by atoms with E-state index in [0.717, 1.165) is 6.07 Å². The van der Waals surface area contributed by atoms with E-state index in [1.807, 2.05) is 0 Å². The van der Waals surface area contributed by atoms with Gasteiger partial charge in [-0.3, -0.25) is 4.79 Å². The summed E-state index contributed by atoms with van der Waals surface area (Å²) in [5.41, 5.74) is -0.0705. The summed E-state index contributed by atoms with van der Waals surface area (Å²) in [6, 6.07) is 7.82. The molecule has 1 saturated heterocycles. The lowest BCUT2D eigenvalue weighted by atomic mass is 10.1. The molecular weight excluding hydrogens is 240 g/mol. The third-order valence-electron chi connectivity index (χ3n) is 3.06. The Hall–Kier alpha value is -1.75. The minimum absolute atomic E-state index is 0.0200. The summed E-state index contributed by atoms with van der Waals surface area (Å²) in [5, 5.41) is 0.461. The highest BCUT2D eigenvalue weighted by molar-refractivity contribution is 5.79. The number of alkyl halides is 2. The first kappa shape index (κ1) is 11.3. The van der Waals surface area contributed by atoms with Crippen LogP contribution in [0.25, 0.3) is 10.9 Å². The Morgan fingerprint density at radius 2 is 2.11 bits per heavy atom. The van der Waals surface area contributed by atoms with Crippen LogP contribution in [0, 0.1) is 0 Å². The fourth-order valence-electron chi connectivity index (χ4n) is 2.11. The van der Waals surface area contributed by atoms with Crippen molar-refractivity contribution in [3.8, 4) is 0 Å². The van der Waals surface area contributed by atoms with Gasteiger partial charge in [0.15, 0.2) is 5.43 Å². The molecule has 18 heavy (non-hydrogen) atoms. The molecule has 1 fully saturated rings. The molecule has 3 nitrogen and oxygen atoms in total. The Bertz CT molecular complexity index is 647. The molecule has 0 N–H and O–H groups in total. The van der Waals surface area contributed by atoms with Gasteiger partial charge in [-0.2, -0.15) is 0 Å². The quantitative estimate of drug-likeness (QED) is 0.785. The lowest BCUT2D eigenvalue weighted by molar-refractivity contribution is 0.140. The van der Waals surface area contributed by atoms with Gasteiger partial charge in [-0.25, -0.2) is 8.78 Å². The lowest BCUT2D eigenvalue weighted by Gasteiger charge is -2.15. The average molecular weight is 251 g/mol. The molecule has 1 aromatic carbocycles. The first-order valence-corrected chi connectivity index (χ1v) is 5.69. The van der Waals surface area contributed by atoms with Crippen LogP contribution in [0.15, 0.2) is 35.1 Å². The van der Waals surface area contributed by atoms with Crippen molar-refractivity contribution in [3.05, 3.63) is 46.2 Å². The zero-order valence-corrected chi connectivity index (χ0v) is 9.48. The highest BCUT2D eigenvalue weighted by Crippen LogP contribution is 2.24. The second-order valence-corrected chi connectivity index (χ2v) is 4.32. The Labute approximate surface area is 102 Å². The summed E-state index contributed by atoms with van der Waals surface area (Å²) < 4.78 is 32.6. The molecule has 0 aliphatic carbocycles. The predicted molar refractivity (Wildman–Crippen MR) is 62.9 cm³/mol. The molecule has 2 aromatic rings. The van der Waals surface area contributed by atoms with Gasteiger partial charge in [0.25, 0.3) is 6.43 Å². The number of pyridine rings is 1. The van der Waals surface area contributed by atoms with Crippen LogP contribution in [0.4, 0.5) is 8.78 Å². The number of ether oxygens (including phenoxy) is 1. The van der Waals surface area contributed by atoms with E-state index in [2.05, 4.69) is 0 Å². The summed E-state index contributed by atoms with van der Waals surface area (Å²) in [6.07, 6.45) is -2.69. The molecular formula is C13H11F2NO2. The van der Waals surface area contributed by atoms with E-state index in [1.165, 1.54) is 4.57 Å². The Kier molecular flexibility index (Phi) is 2.63. The third-order valence-corrected chi connectivity index (χ3v) is 3.06. The fourth-order valence-corrected chi connectivity index (χ4v) is 2.11. The van der Waals surface area contributed by atoms with Crippen molar-refractivity contribution < 1.29 is 13.5 Å². The van der Waals surface area contributed by atoms with Crippen molar-refractivity contribution in [1.29, 1.82) is 0 Å². The van der Waals surface area contributed by atoms with Gasteiger partial charge in [-0.15, -0.1) is 0 Å².